The van der Waals surface area contributed by atoms with Crippen molar-refractivity contribution in [2.75, 3.05) is 17.7 Å². The molecule has 6 atom stereocenters. The fourth-order valence-electron chi connectivity index (χ4n) is 7.83. The van der Waals surface area contributed by atoms with E-state index in [0.717, 1.165) is 18.1 Å². The van der Waals surface area contributed by atoms with Gasteiger partial charge in [0.2, 0.25) is 0 Å². The lowest BCUT2D eigenvalue weighted by atomic mass is 9.48. The molecule has 2 saturated carbocycles. The molecule has 6 rings (SSSR count). The lowest BCUT2D eigenvalue weighted by Gasteiger charge is -2.59. The number of anilines is 2. The summed E-state index contributed by atoms with van der Waals surface area (Å²) >= 11 is 0. The molecule has 3 aliphatic carbocycles. The quantitative estimate of drug-likeness (QED) is 0.390. The average Bonchev–Trinajstić information content (AvgIpc) is 2.90. The van der Waals surface area contributed by atoms with Gasteiger partial charge in [-0.1, -0.05) is 48.9 Å². The summed E-state index contributed by atoms with van der Waals surface area (Å²) in [7, 11) is 1.78. The summed E-state index contributed by atoms with van der Waals surface area (Å²) in [6.45, 7) is 4.77. The third-order valence-corrected chi connectivity index (χ3v) is 9.76. The van der Waals surface area contributed by atoms with Crippen molar-refractivity contribution in [3.05, 3.63) is 89.5 Å². The SMILES string of the molecule is COc1ccc2c(c1)CC[C@@H]1[C@@H]2CC[C@]2(C)[C@@H](Nc3ccc(C)cc3)C[C@@H](Nc3ccccc3)C[C@@H]12. The second-order valence-electron chi connectivity index (χ2n) is 11.8. The van der Waals surface area contributed by atoms with E-state index in [1.54, 1.807) is 12.7 Å². The van der Waals surface area contributed by atoms with Crippen LogP contribution in [0.5, 0.6) is 5.75 Å². The highest BCUT2D eigenvalue weighted by Gasteiger charge is 2.54. The van der Waals surface area contributed by atoms with Crippen molar-refractivity contribution in [2.24, 2.45) is 17.3 Å². The van der Waals surface area contributed by atoms with Gasteiger partial charge in [-0.05, 0) is 116 Å². The van der Waals surface area contributed by atoms with Crippen molar-refractivity contribution in [1.82, 2.24) is 0 Å². The van der Waals surface area contributed by atoms with E-state index >= 15 is 0 Å². The molecule has 0 radical (unpaired) electrons. The van der Waals surface area contributed by atoms with Crippen LogP contribution in [-0.4, -0.2) is 19.2 Å². The standard InChI is InChI=1S/C33H40N2O/c1-22-9-12-25(13-10-22)35-32-21-26(34-24-7-5-4-6-8-24)20-31-30-15-11-23-19-27(36-3)14-16-28(23)29(30)17-18-33(31,32)2/h4-10,12-14,16,19,26,29-32,34-35H,11,15,17-18,20-21H2,1-3H3/t26-,29+,30+,31-,32-,33-/m0/s1. The van der Waals surface area contributed by atoms with Crippen molar-refractivity contribution in [1.29, 1.82) is 0 Å². The summed E-state index contributed by atoms with van der Waals surface area (Å²) in [5.41, 5.74) is 7.22. The van der Waals surface area contributed by atoms with Crippen LogP contribution in [0.15, 0.2) is 72.8 Å². The minimum absolute atomic E-state index is 0.297. The zero-order valence-corrected chi connectivity index (χ0v) is 22.0. The maximum Gasteiger partial charge on any atom is 0.119 e. The van der Waals surface area contributed by atoms with Gasteiger partial charge in [0.25, 0.3) is 0 Å². The minimum Gasteiger partial charge on any atom is -0.497 e. The molecule has 0 bridgehead atoms. The molecule has 2 N–H and O–H groups in total. The Morgan fingerprint density at radius 2 is 1.64 bits per heavy atom. The molecular formula is C33H40N2O. The molecule has 3 nitrogen and oxygen atoms in total. The summed E-state index contributed by atoms with van der Waals surface area (Å²) in [5, 5.41) is 7.97. The van der Waals surface area contributed by atoms with Crippen LogP contribution in [0.3, 0.4) is 0 Å². The number of nitrogens with one attached hydrogen (secondary N) is 2. The number of para-hydroxylation sites is 1. The molecule has 0 aliphatic heterocycles. The highest BCUT2D eigenvalue weighted by atomic mass is 16.5. The number of hydrogen-bond acceptors (Lipinski definition) is 3. The van der Waals surface area contributed by atoms with E-state index in [-0.39, 0.29) is 0 Å². The maximum absolute atomic E-state index is 5.55. The highest BCUT2D eigenvalue weighted by Crippen LogP contribution is 2.60. The second kappa shape index (κ2) is 9.50. The molecular weight excluding hydrogens is 440 g/mol. The van der Waals surface area contributed by atoms with Gasteiger partial charge in [0.1, 0.15) is 5.75 Å². The Labute approximate surface area is 216 Å². The number of methoxy groups -OCH3 is 1. The number of fused-ring (bicyclic) bond motifs is 5. The molecule has 3 aromatic carbocycles. The number of hydrogen-bond donors (Lipinski definition) is 2. The highest BCUT2D eigenvalue weighted by molar-refractivity contribution is 5.48. The molecule has 3 aromatic rings. The lowest BCUT2D eigenvalue weighted by molar-refractivity contribution is -0.0177. The van der Waals surface area contributed by atoms with Crippen LogP contribution >= 0.6 is 0 Å². The molecule has 3 aliphatic rings. The van der Waals surface area contributed by atoms with E-state index in [2.05, 4.69) is 97.3 Å². The Morgan fingerprint density at radius 3 is 2.42 bits per heavy atom. The Kier molecular flexibility index (Phi) is 6.19. The molecule has 0 heterocycles. The number of rotatable bonds is 5. The van der Waals surface area contributed by atoms with Crippen LogP contribution in [0.1, 0.15) is 61.6 Å². The van der Waals surface area contributed by atoms with Crippen LogP contribution in [0, 0.1) is 24.2 Å². The first-order chi connectivity index (χ1) is 17.5. The molecule has 3 heteroatoms. The van der Waals surface area contributed by atoms with Gasteiger partial charge in [-0.2, -0.15) is 0 Å². The zero-order valence-electron chi connectivity index (χ0n) is 22.0. The number of aryl methyl sites for hydroxylation is 2. The summed E-state index contributed by atoms with van der Waals surface area (Å²) in [5.74, 6) is 3.12. The second-order valence-corrected chi connectivity index (χ2v) is 11.8. The van der Waals surface area contributed by atoms with E-state index in [0.29, 0.717) is 29.3 Å². The van der Waals surface area contributed by atoms with Crippen molar-refractivity contribution in [3.8, 4) is 5.75 Å². The van der Waals surface area contributed by atoms with Crippen molar-refractivity contribution in [2.45, 2.75) is 70.4 Å². The summed E-state index contributed by atoms with van der Waals surface area (Å²) in [6, 6.07) is 27.6. The van der Waals surface area contributed by atoms with Gasteiger partial charge in [0.15, 0.2) is 0 Å². The maximum atomic E-state index is 5.55. The number of ether oxygens (including phenoxy) is 1. The molecule has 0 saturated heterocycles. The molecule has 36 heavy (non-hydrogen) atoms. The lowest BCUT2D eigenvalue weighted by Crippen LogP contribution is -2.57. The smallest absolute Gasteiger partial charge is 0.119 e. The van der Waals surface area contributed by atoms with Gasteiger partial charge < -0.3 is 15.4 Å². The predicted octanol–water partition coefficient (Wildman–Crippen LogP) is 7.82. The van der Waals surface area contributed by atoms with Crippen molar-refractivity contribution >= 4 is 11.4 Å². The van der Waals surface area contributed by atoms with E-state index in [4.69, 9.17) is 4.74 Å². The molecule has 188 valence electrons. The summed E-state index contributed by atoms with van der Waals surface area (Å²) in [6.07, 6.45) is 7.45. The van der Waals surface area contributed by atoms with Crippen molar-refractivity contribution in [3.63, 3.8) is 0 Å². The molecule has 2 fully saturated rings. The Hall–Kier alpha value is -2.94. The van der Waals surface area contributed by atoms with Gasteiger partial charge in [0, 0.05) is 23.5 Å². The third kappa shape index (κ3) is 4.27. The topological polar surface area (TPSA) is 33.3 Å². The van der Waals surface area contributed by atoms with Gasteiger partial charge in [-0.15, -0.1) is 0 Å². The third-order valence-electron chi connectivity index (χ3n) is 9.76. The van der Waals surface area contributed by atoms with Crippen molar-refractivity contribution < 1.29 is 4.74 Å². The molecule has 0 aromatic heterocycles. The predicted molar refractivity (Wildman–Crippen MR) is 150 cm³/mol. The molecule has 0 unspecified atom stereocenters. The minimum atomic E-state index is 0.297. The van der Waals surface area contributed by atoms with E-state index in [9.17, 15) is 0 Å². The van der Waals surface area contributed by atoms with E-state index < -0.39 is 0 Å². The fourth-order valence-corrected chi connectivity index (χ4v) is 7.83. The van der Waals surface area contributed by atoms with Gasteiger partial charge >= 0.3 is 0 Å². The van der Waals surface area contributed by atoms with E-state index in [1.807, 2.05) is 0 Å². The largest absolute Gasteiger partial charge is 0.497 e. The summed E-state index contributed by atoms with van der Waals surface area (Å²) in [4.78, 5) is 0. The summed E-state index contributed by atoms with van der Waals surface area (Å²) < 4.78 is 5.55. The fraction of sp³-hybridized carbons (Fsp3) is 0.455. The Bertz CT molecular complexity index is 1190. The van der Waals surface area contributed by atoms with Gasteiger partial charge in [-0.25, -0.2) is 0 Å². The van der Waals surface area contributed by atoms with Crippen LogP contribution in [-0.2, 0) is 6.42 Å². The Morgan fingerprint density at radius 1 is 0.861 bits per heavy atom. The molecule has 0 spiro atoms. The first-order valence-electron chi connectivity index (χ1n) is 13.8. The monoisotopic (exact) mass is 480 g/mol. The van der Waals surface area contributed by atoms with Crippen LogP contribution in [0.2, 0.25) is 0 Å². The van der Waals surface area contributed by atoms with Gasteiger partial charge in [0.05, 0.1) is 7.11 Å². The molecule has 0 amide bonds. The van der Waals surface area contributed by atoms with Gasteiger partial charge in [-0.3, -0.25) is 0 Å². The van der Waals surface area contributed by atoms with E-state index in [1.165, 1.54) is 54.6 Å². The van der Waals surface area contributed by atoms with Crippen LogP contribution in [0.25, 0.3) is 0 Å². The normalized spacial score (nSPS) is 30.9. The zero-order chi connectivity index (χ0) is 24.7. The first kappa shape index (κ1) is 23.5. The average molecular weight is 481 g/mol. The Balaban J connectivity index is 1.32. The number of benzene rings is 3. The first-order valence-corrected chi connectivity index (χ1v) is 13.8. The van der Waals surface area contributed by atoms with Crippen LogP contribution < -0.4 is 15.4 Å². The van der Waals surface area contributed by atoms with Crippen LogP contribution in [0.4, 0.5) is 11.4 Å².